The molecular formula is C17H15FN2O. The van der Waals surface area contributed by atoms with Gasteiger partial charge in [-0.1, -0.05) is 12.1 Å². The van der Waals surface area contributed by atoms with Gasteiger partial charge in [0.1, 0.15) is 5.82 Å². The Morgan fingerprint density at radius 2 is 1.90 bits per heavy atom. The molecule has 106 valence electrons. The van der Waals surface area contributed by atoms with Crippen LogP contribution in [-0.4, -0.2) is 10.9 Å². The molecule has 0 bridgehead atoms. The van der Waals surface area contributed by atoms with Crippen molar-refractivity contribution in [2.45, 2.75) is 13.0 Å². The van der Waals surface area contributed by atoms with Gasteiger partial charge in [-0.25, -0.2) is 4.39 Å². The van der Waals surface area contributed by atoms with Crippen LogP contribution < -0.4 is 5.32 Å². The predicted octanol–water partition coefficient (Wildman–Crippen LogP) is 3.80. The Kier molecular flexibility index (Phi) is 3.44. The van der Waals surface area contributed by atoms with Gasteiger partial charge in [-0.05, 0) is 48.9 Å². The molecule has 0 spiro atoms. The highest BCUT2D eigenvalue weighted by Gasteiger charge is 2.12. The summed E-state index contributed by atoms with van der Waals surface area (Å²) < 4.78 is 12.9. The third kappa shape index (κ3) is 2.79. The van der Waals surface area contributed by atoms with Crippen molar-refractivity contribution >= 4 is 16.8 Å². The highest BCUT2D eigenvalue weighted by Crippen LogP contribution is 2.17. The number of halogens is 1. The maximum absolute atomic E-state index is 12.9. The molecule has 0 aliphatic heterocycles. The maximum Gasteiger partial charge on any atom is 0.251 e. The van der Waals surface area contributed by atoms with E-state index in [0.29, 0.717) is 5.56 Å². The van der Waals surface area contributed by atoms with Crippen LogP contribution in [0.4, 0.5) is 4.39 Å². The molecule has 4 heteroatoms. The third-order valence-electron chi connectivity index (χ3n) is 3.53. The van der Waals surface area contributed by atoms with Gasteiger partial charge >= 0.3 is 0 Å². The number of hydrogen-bond acceptors (Lipinski definition) is 1. The number of nitrogens with one attached hydrogen (secondary N) is 2. The van der Waals surface area contributed by atoms with Crippen molar-refractivity contribution in [2.24, 2.45) is 0 Å². The third-order valence-corrected chi connectivity index (χ3v) is 3.53. The fourth-order valence-electron chi connectivity index (χ4n) is 2.31. The summed E-state index contributed by atoms with van der Waals surface area (Å²) in [6, 6.07) is 13.4. The molecule has 3 nitrogen and oxygen atoms in total. The highest BCUT2D eigenvalue weighted by molar-refractivity contribution is 5.98. The number of amides is 1. The lowest BCUT2D eigenvalue weighted by molar-refractivity contribution is 0.0940. The number of rotatable bonds is 3. The van der Waals surface area contributed by atoms with E-state index in [1.54, 1.807) is 18.2 Å². The largest absolute Gasteiger partial charge is 0.361 e. The molecule has 2 N–H and O–H groups in total. The standard InChI is InChI=1S/C17H15FN2O/c1-11(12-2-5-15(18)6-3-12)20-17(21)14-4-7-16-13(10-14)8-9-19-16/h2-11,19H,1H3,(H,20,21). The molecular weight excluding hydrogens is 267 g/mol. The van der Waals surface area contributed by atoms with Gasteiger partial charge in [0.25, 0.3) is 5.91 Å². The van der Waals surface area contributed by atoms with Crippen LogP contribution in [0.5, 0.6) is 0 Å². The van der Waals surface area contributed by atoms with Gasteiger partial charge < -0.3 is 10.3 Å². The molecule has 3 rings (SSSR count). The Labute approximate surface area is 121 Å². The van der Waals surface area contributed by atoms with Crippen molar-refractivity contribution in [1.82, 2.24) is 10.3 Å². The molecule has 1 aromatic heterocycles. The van der Waals surface area contributed by atoms with E-state index in [0.717, 1.165) is 16.5 Å². The molecule has 1 heterocycles. The van der Waals surface area contributed by atoms with Crippen LogP contribution >= 0.6 is 0 Å². The van der Waals surface area contributed by atoms with Crippen LogP contribution in [0.3, 0.4) is 0 Å². The van der Waals surface area contributed by atoms with E-state index in [2.05, 4.69) is 10.3 Å². The average Bonchev–Trinajstić information content (AvgIpc) is 2.95. The first-order valence-electron chi connectivity index (χ1n) is 6.77. The molecule has 0 radical (unpaired) electrons. The van der Waals surface area contributed by atoms with Crippen LogP contribution in [0.15, 0.2) is 54.7 Å². The van der Waals surface area contributed by atoms with Crippen LogP contribution in [0.25, 0.3) is 10.9 Å². The molecule has 2 aromatic carbocycles. The fourth-order valence-corrected chi connectivity index (χ4v) is 2.31. The summed E-state index contributed by atoms with van der Waals surface area (Å²) in [6.45, 7) is 1.87. The lowest BCUT2D eigenvalue weighted by atomic mass is 10.1. The predicted molar refractivity (Wildman–Crippen MR) is 80.6 cm³/mol. The zero-order valence-corrected chi connectivity index (χ0v) is 11.6. The Morgan fingerprint density at radius 1 is 1.14 bits per heavy atom. The maximum atomic E-state index is 12.9. The second-order valence-corrected chi connectivity index (χ2v) is 5.03. The first kappa shape index (κ1) is 13.4. The minimum Gasteiger partial charge on any atom is -0.361 e. The van der Waals surface area contributed by atoms with Gasteiger partial charge in [0.15, 0.2) is 0 Å². The molecule has 1 amide bonds. The Hall–Kier alpha value is -2.62. The van der Waals surface area contributed by atoms with Gasteiger partial charge in [0.2, 0.25) is 0 Å². The zero-order valence-electron chi connectivity index (χ0n) is 11.6. The van der Waals surface area contributed by atoms with Crippen molar-refractivity contribution in [2.75, 3.05) is 0 Å². The minimum atomic E-state index is -0.282. The van der Waals surface area contributed by atoms with Gasteiger partial charge in [0, 0.05) is 22.7 Å². The molecule has 21 heavy (non-hydrogen) atoms. The number of benzene rings is 2. The zero-order chi connectivity index (χ0) is 14.8. The molecule has 0 saturated heterocycles. The smallest absolute Gasteiger partial charge is 0.251 e. The van der Waals surface area contributed by atoms with Crippen molar-refractivity contribution in [3.8, 4) is 0 Å². The Bertz CT molecular complexity index is 777. The Balaban J connectivity index is 1.77. The average molecular weight is 282 g/mol. The van der Waals surface area contributed by atoms with E-state index in [9.17, 15) is 9.18 Å². The summed E-state index contributed by atoms with van der Waals surface area (Å²) in [5, 5.41) is 3.91. The number of carbonyl (C=O) groups excluding carboxylic acids is 1. The van der Waals surface area contributed by atoms with Crippen LogP contribution in [0.2, 0.25) is 0 Å². The summed E-state index contributed by atoms with van der Waals surface area (Å²) >= 11 is 0. The normalized spacial score (nSPS) is 12.3. The van der Waals surface area contributed by atoms with E-state index >= 15 is 0 Å². The lowest BCUT2D eigenvalue weighted by Crippen LogP contribution is -2.26. The SMILES string of the molecule is CC(NC(=O)c1ccc2[nH]ccc2c1)c1ccc(F)cc1. The summed E-state index contributed by atoms with van der Waals surface area (Å²) in [5.41, 5.74) is 2.47. The van der Waals surface area contributed by atoms with E-state index in [1.165, 1.54) is 12.1 Å². The second-order valence-electron chi connectivity index (χ2n) is 5.03. The van der Waals surface area contributed by atoms with E-state index in [1.807, 2.05) is 31.3 Å². The summed E-state index contributed by atoms with van der Waals surface area (Å²) in [6.07, 6.45) is 1.84. The van der Waals surface area contributed by atoms with Gasteiger partial charge in [0.05, 0.1) is 6.04 Å². The Morgan fingerprint density at radius 3 is 2.67 bits per heavy atom. The quantitative estimate of drug-likeness (QED) is 0.754. The number of aromatic nitrogens is 1. The van der Waals surface area contributed by atoms with Crippen molar-refractivity contribution < 1.29 is 9.18 Å². The van der Waals surface area contributed by atoms with E-state index in [-0.39, 0.29) is 17.8 Å². The van der Waals surface area contributed by atoms with Gasteiger partial charge in [-0.3, -0.25) is 4.79 Å². The van der Waals surface area contributed by atoms with Crippen LogP contribution in [-0.2, 0) is 0 Å². The number of fused-ring (bicyclic) bond motifs is 1. The van der Waals surface area contributed by atoms with Crippen LogP contribution in [0.1, 0.15) is 28.9 Å². The first-order valence-corrected chi connectivity index (χ1v) is 6.77. The molecule has 1 atom stereocenters. The molecule has 0 aliphatic carbocycles. The highest BCUT2D eigenvalue weighted by atomic mass is 19.1. The van der Waals surface area contributed by atoms with Crippen molar-refractivity contribution in [3.05, 3.63) is 71.7 Å². The number of hydrogen-bond donors (Lipinski definition) is 2. The number of aromatic amines is 1. The van der Waals surface area contributed by atoms with Gasteiger partial charge in [-0.15, -0.1) is 0 Å². The monoisotopic (exact) mass is 282 g/mol. The topological polar surface area (TPSA) is 44.9 Å². The molecule has 0 fully saturated rings. The number of carbonyl (C=O) groups is 1. The first-order chi connectivity index (χ1) is 10.1. The van der Waals surface area contributed by atoms with Crippen LogP contribution in [0, 0.1) is 5.82 Å². The molecule has 0 saturated carbocycles. The van der Waals surface area contributed by atoms with Crippen molar-refractivity contribution in [3.63, 3.8) is 0 Å². The molecule has 3 aromatic rings. The summed E-state index contributed by atoms with van der Waals surface area (Å²) in [4.78, 5) is 15.4. The molecule has 1 unspecified atom stereocenters. The summed E-state index contributed by atoms with van der Waals surface area (Å²) in [7, 11) is 0. The minimum absolute atomic E-state index is 0.144. The lowest BCUT2D eigenvalue weighted by Gasteiger charge is -2.14. The number of H-pyrrole nitrogens is 1. The van der Waals surface area contributed by atoms with Gasteiger partial charge in [-0.2, -0.15) is 0 Å². The fraction of sp³-hybridized carbons (Fsp3) is 0.118. The second kappa shape index (κ2) is 5.40. The summed E-state index contributed by atoms with van der Waals surface area (Å²) in [5.74, 6) is -0.426. The van der Waals surface area contributed by atoms with E-state index in [4.69, 9.17) is 0 Å². The molecule has 0 aliphatic rings. The van der Waals surface area contributed by atoms with E-state index < -0.39 is 0 Å². The van der Waals surface area contributed by atoms with Crippen molar-refractivity contribution in [1.29, 1.82) is 0 Å².